The highest BCUT2D eigenvalue weighted by Crippen LogP contribution is 2.39. The van der Waals surface area contributed by atoms with E-state index in [0.29, 0.717) is 29.2 Å². The zero-order chi connectivity index (χ0) is 35.2. The lowest BCUT2D eigenvalue weighted by Crippen LogP contribution is -2.55. The molecule has 0 radical (unpaired) electrons. The van der Waals surface area contributed by atoms with Crippen molar-refractivity contribution in [3.63, 3.8) is 0 Å². The molecule has 3 heterocycles. The van der Waals surface area contributed by atoms with Crippen molar-refractivity contribution in [3.8, 4) is 23.0 Å². The van der Waals surface area contributed by atoms with Gasteiger partial charge in [0.15, 0.2) is 11.5 Å². The van der Waals surface area contributed by atoms with Crippen LogP contribution in [-0.2, 0) is 6.42 Å². The van der Waals surface area contributed by atoms with Crippen LogP contribution in [0.1, 0.15) is 59.3 Å². The molecule has 2 aromatic heterocycles. The van der Waals surface area contributed by atoms with Gasteiger partial charge in [0.1, 0.15) is 11.5 Å². The number of anilines is 1. The van der Waals surface area contributed by atoms with E-state index in [2.05, 4.69) is 46.4 Å². The molecule has 2 unspecified atom stereocenters. The standard InChI is InChI=1S/C39H47N5O6/c1-7-31(25-13-15-29(46-3)16-14-25)37(43(2)38(45)27-23-33(47-4)36(49-6)34(24-27)48-5)44-19-17-28(18-20-44)40-39-41-32-12-8-10-26(35(32)42-39)22-30-11-9-21-50-30/h8-16,21,23-24,28,31,37H,7,17-20,22H2,1-6H3,(H2,40,41,42). The molecule has 1 aliphatic rings. The predicted octanol–water partition coefficient (Wildman–Crippen LogP) is 6.95. The number of nitrogens with zero attached hydrogens (tertiary/aromatic N) is 3. The molecular formula is C39H47N5O6. The molecule has 1 aliphatic heterocycles. The molecular weight excluding hydrogens is 634 g/mol. The largest absolute Gasteiger partial charge is 0.497 e. The minimum atomic E-state index is -0.212. The number of hydrogen-bond acceptors (Lipinski definition) is 9. The third-order valence-electron chi connectivity index (χ3n) is 9.76. The fraction of sp³-hybridized carbons (Fsp3) is 0.385. The number of aromatic amines is 1. The molecule has 0 bridgehead atoms. The SMILES string of the molecule is CCC(c1ccc(OC)cc1)C(N1CCC(Nc2nc3c(Cc4ccco4)cccc3[nH]2)CC1)N(C)C(=O)c1cc(OC)c(OC)c(OC)c1. The summed E-state index contributed by atoms with van der Waals surface area (Å²) in [6, 6.07) is 21.9. The van der Waals surface area contributed by atoms with Crippen LogP contribution < -0.4 is 24.3 Å². The Balaban J connectivity index is 1.23. The monoisotopic (exact) mass is 681 g/mol. The van der Waals surface area contributed by atoms with Crippen molar-refractivity contribution in [2.45, 2.75) is 50.7 Å². The number of rotatable bonds is 14. The maximum atomic E-state index is 14.3. The summed E-state index contributed by atoms with van der Waals surface area (Å²) in [6.45, 7) is 3.77. The number of carbonyl (C=O) groups is 1. The van der Waals surface area contributed by atoms with Crippen LogP contribution in [0, 0.1) is 0 Å². The van der Waals surface area contributed by atoms with E-state index in [1.807, 2.05) is 42.3 Å². The fourth-order valence-electron chi connectivity index (χ4n) is 7.17. The summed E-state index contributed by atoms with van der Waals surface area (Å²) < 4.78 is 27.7. The molecule has 0 spiro atoms. The summed E-state index contributed by atoms with van der Waals surface area (Å²) in [5.74, 6) is 3.71. The minimum Gasteiger partial charge on any atom is -0.497 e. The van der Waals surface area contributed by atoms with Crippen molar-refractivity contribution in [2.24, 2.45) is 0 Å². The number of furan rings is 1. The number of amides is 1. The maximum Gasteiger partial charge on any atom is 0.255 e. The molecule has 5 aromatic rings. The zero-order valence-electron chi connectivity index (χ0n) is 29.7. The molecule has 2 N–H and O–H groups in total. The second-order valence-electron chi connectivity index (χ2n) is 12.6. The number of methoxy groups -OCH3 is 4. The molecule has 50 heavy (non-hydrogen) atoms. The van der Waals surface area contributed by atoms with Gasteiger partial charge in [-0.2, -0.15) is 0 Å². The third kappa shape index (κ3) is 7.23. The number of ether oxygens (including phenoxy) is 4. The van der Waals surface area contributed by atoms with Crippen LogP contribution in [0.4, 0.5) is 5.95 Å². The number of H-pyrrole nitrogens is 1. The van der Waals surface area contributed by atoms with Gasteiger partial charge in [-0.05, 0) is 72.9 Å². The Morgan fingerprint density at radius 3 is 2.30 bits per heavy atom. The van der Waals surface area contributed by atoms with Gasteiger partial charge in [0, 0.05) is 44.1 Å². The molecule has 1 fully saturated rings. The molecule has 1 saturated heterocycles. The normalized spacial score (nSPS) is 15.0. The van der Waals surface area contributed by atoms with E-state index in [9.17, 15) is 4.79 Å². The Kier molecular flexibility index (Phi) is 10.8. The first-order valence-electron chi connectivity index (χ1n) is 17.1. The number of likely N-dealkylation sites (N-methyl/N-ethyl adjacent to an activating group) is 1. The minimum absolute atomic E-state index is 0.0457. The van der Waals surface area contributed by atoms with Crippen molar-refractivity contribution in [1.29, 1.82) is 0 Å². The van der Waals surface area contributed by atoms with Gasteiger partial charge in [-0.1, -0.05) is 31.2 Å². The molecule has 1 amide bonds. The maximum absolute atomic E-state index is 14.3. The number of benzene rings is 3. The molecule has 2 atom stereocenters. The highest BCUT2D eigenvalue weighted by atomic mass is 16.5. The first kappa shape index (κ1) is 34.7. The summed E-state index contributed by atoms with van der Waals surface area (Å²) in [6.07, 6.45) is 4.78. The van der Waals surface area contributed by atoms with E-state index in [1.54, 1.807) is 46.8 Å². The number of likely N-dealkylation sites (tertiary alicyclic amines) is 1. The van der Waals surface area contributed by atoms with Gasteiger partial charge in [0.25, 0.3) is 5.91 Å². The number of nitrogens with one attached hydrogen (secondary N) is 2. The molecule has 0 aliphatic carbocycles. The first-order valence-corrected chi connectivity index (χ1v) is 17.1. The lowest BCUT2D eigenvalue weighted by molar-refractivity contribution is 0.0200. The van der Waals surface area contributed by atoms with E-state index >= 15 is 0 Å². The van der Waals surface area contributed by atoms with Gasteiger partial charge in [-0.25, -0.2) is 4.98 Å². The lowest BCUT2D eigenvalue weighted by Gasteiger charge is -2.45. The number of aromatic nitrogens is 2. The molecule has 3 aromatic carbocycles. The number of para-hydroxylation sites is 1. The predicted molar refractivity (Wildman–Crippen MR) is 194 cm³/mol. The van der Waals surface area contributed by atoms with Gasteiger partial charge in [-0.3, -0.25) is 9.69 Å². The summed E-state index contributed by atoms with van der Waals surface area (Å²) in [7, 11) is 8.22. The van der Waals surface area contributed by atoms with Crippen molar-refractivity contribution >= 4 is 22.9 Å². The first-order chi connectivity index (χ1) is 24.4. The van der Waals surface area contributed by atoms with Crippen molar-refractivity contribution < 1.29 is 28.2 Å². The Labute approximate surface area is 293 Å². The van der Waals surface area contributed by atoms with Gasteiger partial charge in [0.05, 0.1) is 51.9 Å². The Morgan fingerprint density at radius 1 is 0.980 bits per heavy atom. The summed E-state index contributed by atoms with van der Waals surface area (Å²) in [5, 5.41) is 3.67. The third-order valence-corrected chi connectivity index (χ3v) is 9.76. The molecule has 11 heteroatoms. The van der Waals surface area contributed by atoms with Gasteiger partial charge in [0.2, 0.25) is 11.7 Å². The molecule has 264 valence electrons. The second kappa shape index (κ2) is 15.6. The quantitative estimate of drug-likeness (QED) is 0.129. The Hall–Kier alpha value is -5.16. The molecule has 0 saturated carbocycles. The fourth-order valence-corrected chi connectivity index (χ4v) is 7.17. The number of imidazole rings is 1. The number of piperidine rings is 1. The lowest BCUT2D eigenvalue weighted by atomic mass is 9.90. The smallest absolute Gasteiger partial charge is 0.255 e. The van der Waals surface area contributed by atoms with Gasteiger partial charge in [-0.15, -0.1) is 0 Å². The van der Waals surface area contributed by atoms with Crippen molar-refractivity contribution in [2.75, 3.05) is 53.9 Å². The highest BCUT2D eigenvalue weighted by Gasteiger charge is 2.36. The summed E-state index contributed by atoms with van der Waals surface area (Å²) in [4.78, 5) is 27.1. The highest BCUT2D eigenvalue weighted by molar-refractivity contribution is 5.95. The van der Waals surface area contributed by atoms with Crippen molar-refractivity contribution in [1.82, 2.24) is 19.8 Å². The summed E-state index contributed by atoms with van der Waals surface area (Å²) in [5.41, 5.74) is 4.66. The molecule has 11 nitrogen and oxygen atoms in total. The van der Waals surface area contributed by atoms with E-state index in [-0.39, 0.29) is 24.0 Å². The second-order valence-corrected chi connectivity index (χ2v) is 12.6. The van der Waals surface area contributed by atoms with Crippen LogP contribution in [0.15, 0.2) is 77.4 Å². The Morgan fingerprint density at radius 2 is 1.70 bits per heavy atom. The van der Waals surface area contributed by atoms with E-state index in [0.717, 1.165) is 72.0 Å². The van der Waals surface area contributed by atoms with Crippen LogP contribution in [0.2, 0.25) is 0 Å². The number of carbonyl (C=O) groups excluding carboxylic acids is 1. The number of fused-ring (bicyclic) bond motifs is 1. The topological polar surface area (TPSA) is 114 Å². The number of hydrogen-bond donors (Lipinski definition) is 2. The van der Waals surface area contributed by atoms with Gasteiger partial charge >= 0.3 is 0 Å². The Bertz CT molecular complexity index is 1840. The van der Waals surface area contributed by atoms with Gasteiger partial charge < -0.3 is 38.6 Å². The van der Waals surface area contributed by atoms with E-state index in [1.165, 1.54) is 0 Å². The van der Waals surface area contributed by atoms with Crippen LogP contribution in [0.3, 0.4) is 0 Å². The van der Waals surface area contributed by atoms with Crippen LogP contribution in [0.25, 0.3) is 11.0 Å². The van der Waals surface area contributed by atoms with Crippen LogP contribution in [0.5, 0.6) is 23.0 Å². The average Bonchev–Trinajstić information content (AvgIpc) is 3.83. The zero-order valence-corrected chi connectivity index (χ0v) is 29.7. The van der Waals surface area contributed by atoms with Crippen LogP contribution in [-0.4, -0.2) is 86.5 Å². The molecule has 6 rings (SSSR count). The van der Waals surface area contributed by atoms with E-state index in [4.69, 9.17) is 28.3 Å². The van der Waals surface area contributed by atoms with Crippen LogP contribution >= 0.6 is 0 Å². The average molecular weight is 682 g/mol. The van der Waals surface area contributed by atoms with Crippen molar-refractivity contribution in [3.05, 3.63) is 95.4 Å². The van der Waals surface area contributed by atoms with E-state index < -0.39 is 0 Å². The summed E-state index contributed by atoms with van der Waals surface area (Å²) >= 11 is 0.